The molecule has 21 heavy (non-hydrogen) atoms. The van der Waals surface area contributed by atoms with Crippen molar-refractivity contribution in [1.82, 2.24) is 10.6 Å². The number of amides is 1. The first-order valence-corrected chi connectivity index (χ1v) is 7.29. The summed E-state index contributed by atoms with van der Waals surface area (Å²) in [5.74, 6) is 1.62. The third kappa shape index (κ3) is 3.67. The van der Waals surface area contributed by atoms with Crippen molar-refractivity contribution in [3.63, 3.8) is 0 Å². The fourth-order valence-electron chi connectivity index (χ4n) is 2.61. The maximum absolute atomic E-state index is 12.4. The number of piperidine rings is 1. The largest absolute Gasteiger partial charge is 0.497 e. The van der Waals surface area contributed by atoms with Crippen molar-refractivity contribution in [2.45, 2.75) is 26.3 Å². The van der Waals surface area contributed by atoms with Crippen LogP contribution in [-0.4, -0.2) is 33.2 Å². The van der Waals surface area contributed by atoms with Gasteiger partial charge in [-0.05, 0) is 44.1 Å². The molecule has 2 rings (SSSR count). The number of rotatable bonds is 5. The zero-order valence-electron chi connectivity index (χ0n) is 13.0. The fourth-order valence-corrected chi connectivity index (χ4v) is 2.61. The maximum atomic E-state index is 12.4. The van der Waals surface area contributed by atoms with Crippen LogP contribution in [0.3, 0.4) is 0 Å². The lowest BCUT2D eigenvalue weighted by Crippen LogP contribution is -2.45. The van der Waals surface area contributed by atoms with Crippen molar-refractivity contribution in [1.29, 1.82) is 0 Å². The smallest absolute Gasteiger partial charge is 0.226 e. The SMILES string of the molecule is COc1ccc(OC)c(CNC(=O)C2(C)CCNCC2)c1. The van der Waals surface area contributed by atoms with E-state index >= 15 is 0 Å². The highest BCUT2D eigenvalue weighted by Gasteiger charge is 2.34. The molecule has 5 heteroatoms. The molecule has 0 bridgehead atoms. The molecule has 1 aliphatic rings. The van der Waals surface area contributed by atoms with Gasteiger partial charge in [-0.25, -0.2) is 0 Å². The molecule has 0 atom stereocenters. The van der Waals surface area contributed by atoms with E-state index in [4.69, 9.17) is 9.47 Å². The number of carbonyl (C=O) groups is 1. The van der Waals surface area contributed by atoms with Crippen molar-refractivity contribution in [2.24, 2.45) is 5.41 Å². The van der Waals surface area contributed by atoms with E-state index in [2.05, 4.69) is 10.6 Å². The van der Waals surface area contributed by atoms with Gasteiger partial charge in [0.05, 0.1) is 14.2 Å². The molecule has 1 fully saturated rings. The third-order valence-electron chi connectivity index (χ3n) is 4.18. The lowest BCUT2D eigenvalue weighted by molar-refractivity contribution is -0.131. The lowest BCUT2D eigenvalue weighted by atomic mass is 9.80. The molecule has 1 amide bonds. The van der Waals surface area contributed by atoms with Crippen LogP contribution in [0.15, 0.2) is 18.2 Å². The number of carbonyl (C=O) groups excluding carboxylic acids is 1. The van der Waals surface area contributed by atoms with Crippen LogP contribution in [0.2, 0.25) is 0 Å². The first-order chi connectivity index (χ1) is 10.1. The molecule has 116 valence electrons. The summed E-state index contributed by atoms with van der Waals surface area (Å²) in [5.41, 5.74) is 0.639. The van der Waals surface area contributed by atoms with Gasteiger partial charge < -0.3 is 20.1 Å². The number of ether oxygens (including phenoxy) is 2. The Labute approximate surface area is 126 Å². The zero-order chi connectivity index (χ0) is 15.3. The summed E-state index contributed by atoms with van der Waals surface area (Å²) >= 11 is 0. The summed E-state index contributed by atoms with van der Waals surface area (Å²) in [7, 11) is 3.25. The monoisotopic (exact) mass is 292 g/mol. The summed E-state index contributed by atoms with van der Waals surface area (Å²) in [5, 5.41) is 6.32. The molecular formula is C16H24N2O3. The Morgan fingerprint density at radius 1 is 1.29 bits per heavy atom. The second-order valence-electron chi connectivity index (χ2n) is 5.67. The summed E-state index contributed by atoms with van der Waals surface area (Å²) in [6.07, 6.45) is 1.74. The summed E-state index contributed by atoms with van der Waals surface area (Å²) < 4.78 is 10.6. The predicted octanol–water partition coefficient (Wildman–Crippen LogP) is 1.71. The molecule has 1 saturated heterocycles. The van der Waals surface area contributed by atoms with Crippen LogP contribution in [0.5, 0.6) is 11.5 Å². The van der Waals surface area contributed by atoms with Crippen molar-refractivity contribution < 1.29 is 14.3 Å². The first kappa shape index (κ1) is 15.6. The Kier molecular flexibility index (Phi) is 5.07. The number of nitrogens with one attached hydrogen (secondary N) is 2. The molecule has 1 aromatic carbocycles. The van der Waals surface area contributed by atoms with Crippen LogP contribution in [0.4, 0.5) is 0 Å². The van der Waals surface area contributed by atoms with Gasteiger partial charge >= 0.3 is 0 Å². The minimum Gasteiger partial charge on any atom is -0.497 e. The van der Waals surface area contributed by atoms with Crippen molar-refractivity contribution in [2.75, 3.05) is 27.3 Å². The van der Waals surface area contributed by atoms with E-state index in [0.29, 0.717) is 6.54 Å². The highest BCUT2D eigenvalue weighted by Crippen LogP contribution is 2.29. The number of hydrogen-bond donors (Lipinski definition) is 2. The Bertz CT molecular complexity index is 496. The third-order valence-corrected chi connectivity index (χ3v) is 4.18. The van der Waals surface area contributed by atoms with Gasteiger partial charge in [0.15, 0.2) is 0 Å². The van der Waals surface area contributed by atoms with Gasteiger partial charge in [-0.15, -0.1) is 0 Å². The van der Waals surface area contributed by atoms with E-state index in [-0.39, 0.29) is 11.3 Å². The van der Waals surface area contributed by atoms with Crippen LogP contribution >= 0.6 is 0 Å². The summed E-state index contributed by atoms with van der Waals surface area (Å²) in [6.45, 7) is 4.27. The zero-order valence-corrected chi connectivity index (χ0v) is 13.0. The van der Waals surface area contributed by atoms with E-state index in [0.717, 1.165) is 43.0 Å². The Hall–Kier alpha value is -1.75. The van der Waals surface area contributed by atoms with Gasteiger partial charge in [0.1, 0.15) is 11.5 Å². The van der Waals surface area contributed by atoms with Crippen molar-refractivity contribution >= 4 is 5.91 Å². The van der Waals surface area contributed by atoms with Crippen molar-refractivity contribution in [3.8, 4) is 11.5 Å². The molecule has 0 radical (unpaired) electrons. The average molecular weight is 292 g/mol. The van der Waals surface area contributed by atoms with E-state index in [1.165, 1.54) is 0 Å². The van der Waals surface area contributed by atoms with Crippen LogP contribution < -0.4 is 20.1 Å². The van der Waals surface area contributed by atoms with Crippen LogP contribution in [0.1, 0.15) is 25.3 Å². The van der Waals surface area contributed by atoms with E-state index in [1.54, 1.807) is 14.2 Å². The fraction of sp³-hybridized carbons (Fsp3) is 0.562. The van der Waals surface area contributed by atoms with Gasteiger partial charge in [0.2, 0.25) is 5.91 Å². The highest BCUT2D eigenvalue weighted by atomic mass is 16.5. The summed E-state index contributed by atoms with van der Waals surface area (Å²) in [4.78, 5) is 12.4. The Morgan fingerprint density at radius 2 is 2.00 bits per heavy atom. The molecule has 0 spiro atoms. The molecule has 0 saturated carbocycles. The minimum atomic E-state index is -0.280. The molecule has 1 heterocycles. The number of benzene rings is 1. The van der Waals surface area contributed by atoms with Crippen LogP contribution in [0, 0.1) is 5.41 Å². The number of hydrogen-bond acceptors (Lipinski definition) is 4. The second-order valence-corrected chi connectivity index (χ2v) is 5.67. The predicted molar refractivity (Wildman–Crippen MR) is 81.6 cm³/mol. The molecular weight excluding hydrogens is 268 g/mol. The van der Waals surface area contributed by atoms with Crippen molar-refractivity contribution in [3.05, 3.63) is 23.8 Å². The molecule has 5 nitrogen and oxygen atoms in total. The first-order valence-electron chi connectivity index (χ1n) is 7.29. The van der Waals surface area contributed by atoms with Gasteiger partial charge in [-0.1, -0.05) is 6.92 Å². The molecule has 2 N–H and O–H groups in total. The van der Waals surface area contributed by atoms with Gasteiger partial charge in [0.25, 0.3) is 0 Å². The van der Waals surface area contributed by atoms with Crippen LogP contribution in [0.25, 0.3) is 0 Å². The normalized spacial score (nSPS) is 17.1. The highest BCUT2D eigenvalue weighted by molar-refractivity contribution is 5.82. The van der Waals surface area contributed by atoms with E-state index < -0.39 is 0 Å². The van der Waals surface area contributed by atoms with E-state index in [1.807, 2.05) is 25.1 Å². The molecule has 0 aliphatic carbocycles. The molecule has 0 aromatic heterocycles. The maximum Gasteiger partial charge on any atom is 0.226 e. The van der Waals surface area contributed by atoms with Gasteiger partial charge in [-0.3, -0.25) is 4.79 Å². The second kappa shape index (κ2) is 6.80. The van der Waals surface area contributed by atoms with E-state index in [9.17, 15) is 4.79 Å². The molecule has 0 unspecified atom stereocenters. The average Bonchev–Trinajstić information content (AvgIpc) is 2.52. The molecule has 1 aromatic rings. The standard InChI is InChI=1S/C16H24N2O3/c1-16(6-8-17-9-7-16)15(19)18-11-12-10-13(20-2)4-5-14(12)21-3/h4-5,10,17H,6-9,11H2,1-3H3,(H,18,19). The Morgan fingerprint density at radius 3 is 2.62 bits per heavy atom. The Balaban J connectivity index is 2.03. The molecule has 1 aliphatic heterocycles. The number of methoxy groups -OCH3 is 2. The van der Waals surface area contributed by atoms with Crippen LogP contribution in [-0.2, 0) is 11.3 Å². The van der Waals surface area contributed by atoms with Gasteiger partial charge in [-0.2, -0.15) is 0 Å². The topological polar surface area (TPSA) is 59.6 Å². The van der Waals surface area contributed by atoms with Gasteiger partial charge in [0, 0.05) is 17.5 Å². The quantitative estimate of drug-likeness (QED) is 0.867. The summed E-state index contributed by atoms with van der Waals surface area (Å²) in [6, 6.07) is 5.59. The minimum absolute atomic E-state index is 0.105. The lowest BCUT2D eigenvalue weighted by Gasteiger charge is -2.32.